The van der Waals surface area contributed by atoms with Gasteiger partial charge in [0.25, 0.3) is 5.91 Å². The van der Waals surface area contributed by atoms with E-state index in [-0.39, 0.29) is 5.91 Å². The largest absolute Gasteiger partial charge is 0.497 e. The maximum absolute atomic E-state index is 13.0. The molecule has 0 saturated carbocycles. The van der Waals surface area contributed by atoms with Crippen LogP contribution in [0.5, 0.6) is 5.75 Å². The molecule has 2 aromatic carbocycles. The van der Waals surface area contributed by atoms with Crippen molar-refractivity contribution in [1.29, 1.82) is 0 Å². The number of carbonyl (C=O) groups is 1. The maximum atomic E-state index is 13.0. The van der Waals surface area contributed by atoms with Gasteiger partial charge in [-0.25, -0.2) is 0 Å². The number of hydrogen-bond acceptors (Lipinski definition) is 3. The Labute approximate surface area is 178 Å². The monoisotopic (exact) mass is 403 g/mol. The lowest BCUT2D eigenvalue weighted by Gasteiger charge is -2.15. The molecule has 1 aliphatic heterocycles. The van der Waals surface area contributed by atoms with Gasteiger partial charge < -0.3 is 19.5 Å². The number of likely N-dealkylation sites (tertiary alicyclic amines) is 1. The molecule has 0 atom stereocenters. The summed E-state index contributed by atoms with van der Waals surface area (Å²) in [6.45, 7) is 5.87. The molecule has 0 radical (unpaired) electrons. The Morgan fingerprint density at radius 1 is 1.03 bits per heavy atom. The van der Waals surface area contributed by atoms with Gasteiger partial charge in [-0.2, -0.15) is 0 Å². The standard InChI is InChI=1S/C25H29N3O2/c1-19-23(25(29)26-14-17-27-15-6-7-16-27)18-24(20-10-12-22(30-2)13-11-20)28(19)21-8-4-3-5-9-21/h3-5,8-13,18H,6-7,14-17H2,1-2H3,(H,26,29). The molecule has 0 unspecified atom stereocenters. The van der Waals surface area contributed by atoms with Crippen molar-refractivity contribution in [3.8, 4) is 22.7 Å². The molecule has 5 heteroatoms. The third-order valence-electron chi connectivity index (χ3n) is 5.80. The summed E-state index contributed by atoms with van der Waals surface area (Å²) in [7, 11) is 1.66. The second-order valence-corrected chi connectivity index (χ2v) is 7.73. The molecule has 1 amide bonds. The number of para-hydroxylation sites is 1. The van der Waals surface area contributed by atoms with Crippen LogP contribution in [-0.2, 0) is 0 Å². The summed E-state index contributed by atoms with van der Waals surface area (Å²) in [5.41, 5.74) is 4.72. The summed E-state index contributed by atoms with van der Waals surface area (Å²) in [6.07, 6.45) is 2.52. The Morgan fingerprint density at radius 2 is 1.73 bits per heavy atom. The molecule has 4 rings (SSSR count). The number of nitrogens with one attached hydrogen (secondary N) is 1. The van der Waals surface area contributed by atoms with Gasteiger partial charge in [-0.05, 0) is 80.9 Å². The number of carbonyl (C=O) groups excluding carboxylic acids is 1. The molecule has 156 valence electrons. The molecule has 5 nitrogen and oxygen atoms in total. The minimum Gasteiger partial charge on any atom is -0.497 e. The molecule has 2 heterocycles. The number of amides is 1. The van der Waals surface area contributed by atoms with E-state index < -0.39 is 0 Å². The maximum Gasteiger partial charge on any atom is 0.253 e. The molecule has 0 spiro atoms. The minimum atomic E-state index is -0.0175. The molecule has 3 aromatic rings. The van der Waals surface area contributed by atoms with E-state index in [2.05, 4.69) is 26.9 Å². The number of ether oxygens (including phenoxy) is 1. The van der Waals surface area contributed by atoms with E-state index >= 15 is 0 Å². The molecule has 30 heavy (non-hydrogen) atoms. The molecule has 1 fully saturated rings. The van der Waals surface area contributed by atoms with Gasteiger partial charge in [-0.15, -0.1) is 0 Å². The highest BCUT2D eigenvalue weighted by Gasteiger charge is 2.20. The van der Waals surface area contributed by atoms with Crippen molar-refractivity contribution in [2.45, 2.75) is 19.8 Å². The van der Waals surface area contributed by atoms with E-state index in [1.165, 1.54) is 12.8 Å². The highest BCUT2D eigenvalue weighted by Crippen LogP contribution is 2.30. The quantitative estimate of drug-likeness (QED) is 0.640. The summed E-state index contributed by atoms with van der Waals surface area (Å²) < 4.78 is 7.45. The van der Waals surface area contributed by atoms with Crippen molar-refractivity contribution in [1.82, 2.24) is 14.8 Å². The molecule has 1 N–H and O–H groups in total. The van der Waals surface area contributed by atoms with Crippen LogP contribution in [0.15, 0.2) is 60.7 Å². The first-order valence-electron chi connectivity index (χ1n) is 10.6. The minimum absolute atomic E-state index is 0.0175. The second-order valence-electron chi connectivity index (χ2n) is 7.73. The van der Waals surface area contributed by atoms with Gasteiger partial charge in [0, 0.05) is 24.5 Å². The second kappa shape index (κ2) is 9.18. The van der Waals surface area contributed by atoms with Gasteiger partial charge in [-0.1, -0.05) is 18.2 Å². The van der Waals surface area contributed by atoms with Crippen LogP contribution in [0.2, 0.25) is 0 Å². The first kappa shape index (κ1) is 20.2. The van der Waals surface area contributed by atoms with Crippen LogP contribution in [0.4, 0.5) is 0 Å². The number of aromatic nitrogens is 1. The van der Waals surface area contributed by atoms with E-state index in [1.54, 1.807) is 7.11 Å². The molecule has 0 bridgehead atoms. The van der Waals surface area contributed by atoms with Crippen molar-refractivity contribution in [2.24, 2.45) is 0 Å². The average Bonchev–Trinajstić information content (AvgIpc) is 3.42. The molecule has 1 aliphatic rings. The highest BCUT2D eigenvalue weighted by molar-refractivity contribution is 5.97. The first-order chi connectivity index (χ1) is 14.7. The van der Waals surface area contributed by atoms with E-state index in [0.29, 0.717) is 12.1 Å². The number of hydrogen-bond donors (Lipinski definition) is 1. The number of benzene rings is 2. The van der Waals surface area contributed by atoms with Gasteiger partial charge >= 0.3 is 0 Å². The van der Waals surface area contributed by atoms with Gasteiger partial charge in [-0.3, -0.25) is 4.79 Å². The van der Waals surface area contributed by atoms with Crippen LogP contribution >= 0.6 is 0 Å². The Balaban J connectivity index is 1.63. The van der Waals surface area contributed by atoms with Crippen LogP contribution in [0.25, 0.3) is 16.9 Å². The summed E-state index contributed by atoms with van der Waals surface area (Å²) in [5.74, 6) is 0.796. The van der Waals surface area contributed by atoms with Gasteiger partial charge in [0.1, 0.15) is 5.75 Å². The van der Waals surface area contributed by atoms with Gasteiger partial charge in [0.05, 0.1) is 18.4 Å². The normalized spacial score (nSPS) is 14.1. The zero-order valence-electron chi connectivity index (χ0n) is 17.7. The molecular weight excluding hydrogens is 374 g/mol. The Bertz CT molecular complexity index is 987. The van der Waals surface area contributed by atoms with Crippen LogP contribution < -0.4 is 10.1 Å². The number of methoxy groups -OCH3 is 1. The molecular formula is C25H29N3O2. The molecule has 0 aliphatic carbocycles. The van der Waals surface area contributed by atoms with Crippen molar-refractivity contribution in [3.05, 3.63) is 71.9 Å². The third-order valence-corrected chi connectivity index (χ3v) is 5.80. The fraction of sp³-hybridized carbons (Fsp3) is 0.320. The van der Waals surface area contributed by atoms with Crippen molar-refractivity contribution >= 4 is 5.91 Å². The van der Waals surface area contributed by atoms with E-state index in [9.17, 15) is 4.79 Å². The van der Waals surface area contributed by atoms with Gasteiger partial charge in [0.15, 0.2) is 0 Å². The summed E-state index contributed by atoms with van der Waals surface area (Å²) >= 11 is 0. The number of nitrogens with zero attached hydrogens (tertiary/aromatic N) is 2. The Morgan fingerprint density at radius 3 is 2.40 bits per heavy atom. The third kappa shape index (κ3) is 4.26. The average molecular weight is 404 g/mol. The predicted octanol–water partition coefficient (Wildman–Crippen LogP) is 4.29. The van der Waals surface area contributed by atoms with Crippen molar-refractivity contribution in [2.75, 3.05) is 33.3 Å². The van der Waals surface area contributed by atoms with Crippen LogP contribution in [-0.4, -0.2) is 48.7 Å². The number of rotatable bonds is 7. The lowest BCUT2D eigenvalue weighted by atomic mass is 10.1. The van der Waals surface area contributed by atoms with Crippen molar-refractivity contribution in [3.63, 3.8) is 0 Å². The topological polar surface area (TPSA) is 46.5 Å². The first-order valence-corrected chi connectivity index (χ1v) is 10.6. The molecule has 1 aromatic heterocycles. The van der Waals surface area contributed by atoms with Gasteiger partial charge in [0.2, 0.25) is 0 Å². The summed E-state index contributed by atoms with van der Waals surface area (Å²) in [5, 5.41) is 3.11. The molecule has 1 saturated heterocycles. The summed E-state index contributed by atoms with van der Waals surface area (Å²) in [6, 6.07) is 20.1. The highest BCUT2D eigenvalue weighted by atomic mass is 16.5. The van der Waals surface area contributed by atoms with Crippen LogP contribution in [0, 0.1) is 6.92 Å². The van der Waals surface area contributed by atoms with E-state index in [0.717, 1.165) is 48.0 Å². The fourth-order valence-electron chi connectivity index (χ4n) is 4.15. The summed E-state index contributed by atoms with van der Waals surface area (Å²) in [4.78, 5) is 15.4. The predicted molar refractivity (Wildman–Crippen MR) is 121 cm³/mol. The lowest BCUT2D eigenvalue weighted by molar-refractivity contribution is 0.0949. The zero-order valence-corrected chi connectivity index (χ0v) is 17.7. The Hall–Kier alpha value is -3.05. The van der Waals surface area contributed by atoms with E-state index in [4.69, 9.17) is 4.74 Å². The Kier molecular flexibility index (Phi) is 6.19. The van der Waals surface area contributed by atoms with Crippen LogP contribution in [0.1, 0.15) is 28.9 Å². The van der Waals surface area contributed by atoms with Crippen LogP contribution in [0.3, 0.4) is 0 Å². The SMILES string of the molecule is COc1ccc(-c2cc(C(=O)NCCN3CCCC3)c(C)n2-c2ccccc2)cc1. The lowest BCUT2D eigenvalue weighted by Crippen LogP contribution is -2.33. The fourth-order valence-corrected chi connectivity index (χ4v) is 4.15. The smallest absolute Gasteiger partial charge is 0.253 e. The van der Waals surface area contributed by atoms with Crippen molar-refractivity contribution < 1.29 is 9.53 Å². The van der Waals surface area contributed by atoms with E-state index in [1.807, 2.05) is 55.5 Å². The zero-order chi connectivity index (χ0) is 20.9.